The molecule has 4 atom stereocenters. The molecule has 2 rings (SSSR count). The summed E-state index contributed by atoms with van der Waals surface area (Å²) in [5, 5.41) is 16.5. The first-order chi connectivity index (χ1) is 7.77. The minimum atomic E-state index is -0.222. The van der Waals surface area contributed by atoms with Crippen molar-refractivity contribution in [2.75, 3.05) is 13.1 Å². The van der Waals surface area contributed by atoms with Gasteiger partial charge in [-0.05, 0) is 45.1 Å². The van der Waals surface area contributed by atoms with E-state index in [1.54, 1.807) is 0 Å². The normalized spacial score (nSPS) is 37.5. The van der Waals surface area contributed by atoms with Gasteiger partial charge in [0.25, 0.3) is 0 Å². The molecule has 1 saturated heterocycles. The molecule has 0 amide bonds. The second-order valence-electron chi connectivity index (χ2n) is 5.51. The minimum absolute atomic E-state index is 0.222. The Labute approximate surface area is 99.0 Å². The van der Waals surface area contributed by atoms with Gasteiger partial charge in [-0.1, -0.05) is 12.8 Å². The second kappa shape index (κ2) is 5.99. The largest absolute Gasteiger partial charge is 0.392 e. The van der Waals surface area contributed by atoms with Crippen LogP contribution >= 0.6 is 0 Å². The minimum Gasteiger partial charge on any atom is -0.392 e. The molecule has 0 spiro atoms. The summed E-state index contributed by atoms with van der Waals surface area (Å²) < 4.78 is 0. The van der Waals surface area contributed by atoms with Crippen LogP contribution in [0.25, 0.3) is 0 Å². The Kier molecular flexibility index (Phi) is 4.62. The van der Waals surface area contributed by atoms with Gasteiger partial charge in [0.05, 0.1) is 6.10 Å². The number of aliphatic hydroxyl groups excluding tert-OH is 1. The predicted molar refractivity (Wildman–Crippen MR) is 66.5 cm³/mol. The van der Waals surface area contributed by atoms with E-state index in [-0.39, 0.29) is 6.10 Å². The van der Waals surface area contributed by atoms with Gasteiger partial charge < -0.3 is 15.7 Å². The van der Waals surface area contributed by atoms with Crippen molar-refractivity contribution in [3.8, 4) is 0 Å². The van der Waals surface area contributed by atoms with Crippen LogP contribution in [0.1, 0.15) is 45.4 Å². The monoisotopic (exact) mass is 226 g/mol. The number of rotatable bonds is 4. The van der Waals surface area contributed by atoms with Crippen molar-refractivity contribution in [2.24, 2.45) is 5.92 Å². The fourth-order valence-electron chi connectivity index (χ4n) is 3.29. The van der Waals surface area contributed by atoms with Gasteiger partial charge in [0, 0.05) is 18.6 Å². The predicted octanol–water partition coefficient (Wildman–Crippen LogP) is 1.27. The summed E-state index contributed by atoms with van der Waals surface area (Å²) in [6.45, 7) is 3.80. The van der Waals surface area contributed by atoms with Gasteiger partial charge >= 0.3 is 0 Å². The van der Waals surface area contributed by atoms with Crippen LogP contribution in [0.2, 0.25) is 0 Å². The Morgan fingerprint density at radius 3 is 2.81 bits per heavy atom. The number of nitrogens with one attached hydrogen (secondary N) is 2. The molecule has 0 radical (unpaired) electrons. The molecule has 1 aliphatic carbocycles. The molecular formula is C13H26N2O. The fourth-order valence-corrected chi connectivity index (χ4v) is 3.29. The lowest BCUT2D eigenvalue weighted by molar-refractivity contribution is 0.175. The van der Waals surface area contributed by atoms with Crippen molar-refractivity contribution in [2.45, 2.75) is 63.6 Å². The molecule has 0 aromatic carbocycles. The van der Waals surface area contributed by atoms with Gasteiger partial charge in [0.2, 0.25) is 0 Å². The third-order valence-corrected chi connectivity index (χ3v) is 4.11. The van der Waals surface area contributed by atoms with E-state index in [1.165, 1.54) is 45.1 Å². The van der Waals surface area contributed by atoms with Crippen LogP contribution in [0.4, 0.5) is 0 Å². The van der Waals surface area contributed by atoms with Crippen molar-refractivity contribution in [3.05, 3.63) is 0 Å². The quantitative estimate of drug-likeness (QED) is 0.676. The molecule has 0 bridgehead atoms. The Morgan fingerprint density at radius 1 is 1.25 bits per heavy atom. The Bertz CT molecular complexity index is 202. The van der Waals surface area contributed by atoms with Gasteiger partial charge in [-0.25, -0.2) is 0 Å². The fraction of sp³-hybridized carbons (Fsp3) is 1.00. The molecule has 3 nitrogen and oxygen atoms in total. The number of hydrogen-bond donors (Lipinski definition) is 3. The molecule has 94 valence electrons. The standard InChI is InChI=1S/C13H26N2O/c1-10(16)9-15-13-7-4-5-11(13)12-6-2-3-8-14-12/h10-16H,2-9H2,1H3/t10-,11?,12?,13?/m0/s1. The van der Waals surface area contributed by atoms with Gasteiger partial charge in [0.15, 0.2) is 0 Å². The lowest BCUT2D eigenvalue weighted by Gasteiger charge is -2.33. The van der Waals surface area contributed by atoms with E-state index >= 15 is 0 Å². The van der Waals surface area contributed by atoms with E-state index in [1.807, 2.05) is 6.92 Å². The Morgan fingerprint density at radius 2 is 2.12 bits per heavy atom. The zero-order chi connectivity index (χ0) is 11.4. The molecule has 3 unspecified atom stereocenters. The maximum Gasteiger partial charge on any atom is 0.0636 e. The van der Waals surface area contributed by atoms with Crippen LogP contribution in [0.15, 0.2) is 0 Å². The highest BCUT2D eigenvalue weighted by molar-refractivity contribution is 4.92. The van der Waals surface area contributed by atoms with Gasteiger partial charge in [-0.15, -0.1) is 0 Å². The van der Waals surface area contributed by atoms with Crippen molar-refractivity contribution < 1.29 is 5.11 Å². The molecule has 2 fully saturated rings. The smallest absolute Gasteiger partial charge is 0.0636 e. The number of hydrogen-bond acceptors (Lipinski definition) is 3. The maximum atomic E-state index is 9.33. The van der Waals surface area contributed by atoms with Crippen LogP contribution in [0.5, 0.6) is 0 Å². The molecule has 0 aromatic heterocycles. The average Bonchev–Trinajstić information content (AvgIpc) is 2.75. The molecule has 2 aliphatic rings. The van der Waals surface area contributed by atoms with Crippen LogP contribution in [-0.4, -0.2) is 36.4 Å². The van der Waals surface area contributed by atoms with Crippen LogP contribution < -0.4 is 10.6 Å². The summed E-state index contributed by atoms with van der Waals surface area (Å²) in [6.07, 6.45) is 7.84. The SMILES string of the molecule is C[C@H](O)CNC1CCCC1C1CCCCN1. The lowest BCUT2D eigenvalue weighted by Crippen LogP contribution is -2.47. The Hall–Kier alpha value is -0.120. The van der Waals surface area contributed by atoms with E-state index in [0.29, 0.717) is 6.04 Å². The van der Waals surface area contributed by atoms with E-state index in [4.69, 9.17) is 0 Å². The van der Waals surface area contributed by atoms with Crippen LogP contribution in [0.3, 0.4) is 0 Å². The van der Waals surface area contributed by atoms with E-state index in [0.717, 1.165) is 18.5 Å². The van der Waals surface area contributed by atoms with Crippen molar-refractivity contribution in [1.29, 1.82) is 0 Å². The molecular weight excluding hydrogens is 200 g/mol. The van der Waals surface area contributed by atoms with Crippen molar-refractivity contribution in [3.63, 3.8) is 0 Å². The number of aliphatic hydroxyl groups is 1. The van der Waals surface area contributed by atoms with Crippen LogP contribution in [-0.2, 0) is 0 Å². The third kappa shape index (κ3) is 3.19. The third-order valence-electron chi connectivity index (χ3n) is 4.11. The summed E-state index contributed by atoms with van der Waals surface area (Å²) in [7, 11) is 0. The Balaban J connectivity index is 1.82. The summed E-state index contributed by atoms with van der Waals surface area (Å²) in [5.74, 6) is 0.791. The van der Waals surface area contributed by atoms with Gasteiger partial charge in [-0.2, -0.15) is 0 Å². The molecule has 0 aromatic rings. The summed E-state index contributed by atoms with van der Waals surface area (Å²) >= 11 is 0. The molecule has 3 N–H and O–H groups in total. The van der Waals surface area contributed by atoms with E-state index < -0.39 is 0 Å². The summed E-state index contributed by atoms with van der Waals surface area (Å²) in [6, 6.07) is 1.35. The molecule has 3 heteroatoms. The first-order valence-electron chi connectivity index (χ1n) is 6.92. The zero-order valence-corrected chi connectivity index (χ0v) is 10.4. The zero-order valence-electron chi connectivity index (χ0n) is 10.4. The van der Waals surface area contributed by atoms with Gasteiger partial charge in [0.1, 0.15) is 0 Å². The second-order valence-corrected chi connectivity index (χ2v) is 5.51. The summed E-state index contributed by atoms with van der Waals surface area (Å²) in [5.41, 5.74) is 0. The van der Waals surface area contributed by atoms with E-state index in [9.17, 15) is 5.11 Å². The van der Waals surface area contributed by atoms with Crippen molar-refractivity contribution >= 4 is 0 Å². The molecule has 1 aliphatic heterocycles. The highest BCUT2D eigenvalue weighted by atomic mass is 16.3. The highest BCUT2D eigenvalue weighted by Gasteiger charge is 2.33. The van der Waals surface area contributed by atoms with Crippen LogP contribution in [0, 0.1) is 5.92 Å². The first-order valence-corrected chi connectivity index (χ1v) is 6.92. The summed E-state index contributed by atoms with van der Waals surface area (Å²) in [4.78, 5) is 0. The maximum absolute atomic E-state index is 9.33. The topological polar surface area (TPSA) is 44.3 Å². The molecule has 16 heavy (non-hydrogen) atoms. The average molecular weight is 226 g/mol. The lowest BCUT2D eigenvalue weighted by atomic mass is 9.88. The first kappa shape index (κ1) is 12.3. The molecule has 1 heterocycles. The number of piperidine rings is 1. The van der Waals surface area contributed by atoms with Crippen molar-refractivity contribution in [1.82, 2.24) is 10.6 Å². The molecule has 1 saturated carbocycles. The highest BCUT2D eigenvalue weighted by Crippen LogP contribution is 2.31. The van der Waals surface area contributed by atoms with E-state index in [2.05, 4.69) is 10.6 Å². The van der Waals surface area contributed by atoms with Gasteiger partial charge in [-0.3, -0.25) is 0 Å².